The number of ether oxygens (including phenoxy) is 1. The third-order valence-corrected chi connectivity index (χ3v) is 3.76. The Morgan fingerprint density at radius 2 is 1.87 bits per heavy atom. The monoisotopic (exact) mass is 307 g/mol. The molecule has 23 heavy (non-hydrogen) atoms. The van der Waals surface area contributed by atoms with E-state index >= 15 is 0 Å². The number of esters is 1. The molecule has 0 unspecified atom stereocenters. The van der Waals surface area contributed by atoms with Crippen molar-refractivity contribution >= 4 is 22.7 Å². The summed E-state index contributed by atoms with van der Waals surface area (Å²) in [6, 6.07) is 14.6. The van der Waals surface area contributed by atoms with Crippen molar-refractivity contribution < 1.29 is 14.3 Å². The number of aromatic amines is 1. The zero-order valence-corrected chi connectivity index (χ0v) is 13.0. The van der Waals surface area contributed by atoms with Crippen LogP contribution in [0.4, 0.5) is 0 Å². The molecule has 1 heterocycles. The van der Waals surface area contributed by atoms with E-state index in [2.05, 4.69) is 4.98 Å². The smallest absolute Gasteiger partial charge is 0.338 e. The molecule has 116 valence electrons. The number of nitrogens with one attached hydrogen (secondary N) is 1. The molecule has 0 bridgehead atoms. The Morgan fingerprint density at radius 1 is 1.09 bits per heavy atom. The van der Waals surface area contributed by atoms with E-state index in [1.54, 1.807) is 31.3 Å². The van der Waals surface area contributed by atoms with Gasteiger partial charge in [0, 0.05) is 22.7 Å². The highest BCUT2D eigenvalue weighted by atomic mass is 16.5. The largest absolute Gasteiger partial charge is 0.451 e. The molecule has 4 heteroatoms. The van der Waals surface area contributed by atoms with Crippen LogP contribution in [-0.4, -0.2) is 22.8 Å². The third kappa shape index (κ3) is 3.01. The van der Waals surface area contributed by atoms with Crippen molar-refractivity contribution in [3.05, 3.63) is 71.4 Å². The number of benzene rings is 2. The quantitative estimate of drug-likeness (QED) is 0.587. The van der Waals surface area contributed by atoms with E-state index < -0.39 is 12.1 Å². The number of fused-ring (bicyclic) bond motifs is 1. The lowest BCUT2D eigenvalue weighted by Gasteiger charge is -2.12. The van der Waals surface area contributed by atoms with E-state index in [4.69, 9.17) is 4.74 Å². The highest BCUT2D eigenvalue weighted by Gasteiger charge is 2.22. The number of hydrogen-bond acceptors (Lipinski definition) is 3. The molecule has 0 amide bonds. The van der Waals surface area contributed by atoms with Gasteiger partial charge in [0.05, 0.1) is 5.56 Å². The molecule has 3 aromatic rings. The van der Waals surface area contributed by atoms with Crippen LogP contribution >= 0.6 is 0 Å². The van der Waals surface area contributed by atoms with Gasteiger partial charge in [-0.3, -0.25) is 4.79 Å². The minimum atomic E-state index is -0.845. The van der Waals surface area contributed by atoms with Gasteiger partial charge < -0.3 is 9.72 Å². The van der Waals surface area contributed by atoms with Gasteiger partial charge in [0.25, 0.3) is 0 Å². The number of carbonyl (C=O) groups excluding carboxylic acids is 2. The number of hydrogen-bond donors (Lipinski definition) is 1. The normalized spacial score (nSPS) is 12.1. The van der Waals surface area contributed by atoms with Crippen LogP contribution < -0.4 is 0 Å². The molecule has 3 rings (SSSR count). The number of Topliss-reactive ketones (excluding diaryl/α,β-unsaturated/α-hetero) is 1. The second kappa shape index (κ2) is 6.08. The maximum absolute atomic E-state index is 12.6. The van der Waals surface area contributed by atoms with E-state index in [0.717, 1.165) is 16.5 Å². The second-order valence-corrected chi connectivity index (χ2v) is 5.53. The Hall–Kier alpha value is -2.88. The number of aromatic nitrogens is 1. The van der Waals surface area contributed by atoms with E-state index in [1.165, 1.54) is 0 Å². The van der Waals surface area contributed by atoms with Crippen molar-refractivity contribution in [2.24, 2.45) is 0 Å². The van der Waals surface area contributed by atoms with Crippen LogP contribution in [0.5, 0.6) is 0 Å². The van der Waals surface area contributed by atoms with Gasteiger partial charge in [-0.25, -0.2) is 4.79 Å². The average Bonchev–Trinajstić information content (AvgIpc) is 2.98. The first-order chi connectivity index (χ1) is 11.1. The van der Waals surface area contributed by atoms with Crippen molar-refractivity contribution in [2.75, 3.05) is 0 Å². The fourth-order valence-electron chi connectivity index (χ4n) is 2.55. The summed E-state index contributed by atoms with van der Waals surface area (Å²) in [4.78, 5) is 27.8. The molecule has 0 aliphatic carbocycles. The Balaban J connectivity index is 1.79. The average molecular weight is 307 g/mol. The van der Waals surface area contributed by atoms with Crippen LogP contribution in [0.2, 0.25) is 0 Å². The summed E-state index contributed by atoms with van der Waals surface area (Å²) in [5.41, 5.74) is 2.83. The van der Waals surface area contributed by atoms with Gasteiger partial charge in [-0.1, -0.05) is 35.9 Å². The number of aryl methyl sites for hydroxylation is 1. The van der Waals surface area contributed by atoms with Gasteiger partial charge in [0.15, 0.2) is 6.10 Å². The van der Waals surface area contributed by atoms with Gasteiger partial charge in [-0.05, 0) is 32.0 Å². The molecule has 4 nitrogen and oxygen atoms in total. The highest BCUT2D eigenvalue weighted by Crippen LogP contribution is 2.20. The third-order valence-electron chi connectivity index (χ3n) is 3.76. The maximum atomic E-state index is 12.6. The molecule has 1 atom stereocenters. The molecule has 0 aliphatic heterocycles. The molecule has 0 spiro atoms. The summed E-state index contributed by atoms with van der Waals surface area (Å²) in [6.07, 6.45) is 0.812. The van der Waals surface area contributed by atoms with Crippen molar-refractivity contribution in [1.29, 1.82) is 0 Å². The van der Waals surface area contributed by atoms with Gasteiger partial charge in [-0.15, -0.1) is 0 Å². The van der Waals surface area contributed by atoms with Gasteiger partial charge in [0.1, 0.15) is 0 Å². The molecule has 0 radical (unpaired) electrons. The van der Waals surface area contributed by atoms with Crippen LogP contribution in [0.15, 0.2) is 54.7 Å². The van der Waals surface area contributed by atoms with Gasteiger partial charge in [0.2, 0.25) is 5.78 Å². The molecule has 0 saturated carbocycles. The number of H-pyrrole nitrogens is 1. The number of carbonyl (C=O) groups is 2. The Morgan fingerprint density at radius 3 is 2.65 bits per heavy atom. The first-order valence-electron chi connectivity index (χ1n) is 7.44. The zero-order chi connectivity index (χ0) is 16.4. The first kappa shape index (κ1) is 15.0. The predicted octanol–water partition coefficient (Wildman–Crippen LogP) is 3.90. The summed E-state index contributed by atoms with van der Waals surface area (Å²) >= 11 is 0. The van der Waals surface area contributed by atoms with Crippen LogP contribution in [0.25, 0.3) is 10.9 Å². The summed E-state index contributed by atoms with van der Waals surface area (Å²) in [5.74, 6) is -0.710. The number of ketones is 1. The molecular weight excluding hydrogens is 290 g/mol. The minimum absolute atomic E-state index is 0.219. The van der Waals surface area contributed by atoms with E-state index in [0.29, 0.717) is 11.1 Å². The topological polar surface area (TPSA) is 59.2 Å². The summed E-state index contributed by atoms with van der Waals surface area (Å²) in [5, 5.41) is 0.830. The first-order valence-corrected chi connectivity index (χ1v) is 7.44. The SMILES string of the molecule is Cc1cccc(C(=O)O[C@@H](C)C(=O)c2c[nH]c3ccccc23)c1. The summed E-state index contributed by atoms with van der Waals surface area (Å²) in [6.45, 7) is 3.50. The summed E-state index contributed by atoms with van der Waals surface area (Å²) < 4.78 is 5.32. The fraction of sp³-hybridized carbons (Fsp3) is 0.158. The zero-order valence-electron chi connectivity index (χ0n) is 13.0. The second-order valence-electron chi connectivity index (χ2n) is 5.53. The number of rotatable bonds is 4. The lowest BCUT2D eigenvalue weighted by atomic mass is 10.1. The molecule has 1 N–H and O–H groups in total. The molecule has 2 aromatic carbocycles. The van der Waals surface area contributed by atoms with Crippen molar-refractivity contribution in [2.45, 2.75) is 20.0 Å². The lowest BCUT2D eigenvalue weighted by Crippen LogP contribution is -2.24. The van der Waals surface area contributed by atoms with Crippen molar-refractivity contribution in [3.8, 4) is 0 Å². The van der Waals surface area contributed by atoms with Gasteiger partial charge >= 0.3 is 5.97 Å². The van der Waals surface area contributed by atoms with Crippen LogP contribution in [0, 0.1) is 6.92 Å². The molecular formula is C19H17NO3. The standard InChI is InChI=1S/C19H17NO3/c1-12-6-5-7-14(10-12)19(22)23-13(2)18(21)16-11-20-17-9-4-3-8-15(16)17/h3-11,13,20H,1-2H3/t13-/m0/s1. The minimum Gasteiger partial charge on any atom is -0.451 e. The van der Waals surface area contributed by atoms with Crippen LogP contribution in [0.3, 0.4) is 0 Å². The van der Waals surface area contributed by atoms with Gasteiger partial charge in [-0.2, -0.15) is 0 Å². The molecule has 0 aliphatic rings. The van der Waals surface area contributed by atoms with Crippen molar-refractivity contribution in [1.82, 2.24) is 4.98 Å². The Bertz CT molecular complexity index is 879. The predicted molar refractivity (Wildman–Crippen MR) is 88.7 cm³/mol. The molecule has 0 saturated heterocycles. The number of para-hydroxylation sites is 1. The summed E-state index contributed by atoms with van der Waals surface area (Å²) in [7, 11) is 0. The Kier molecular flexibility index (Phi) is 3.98. The van der Waals surface area contributed by atoms with Crippen LogP contribution in [0.1, 0.15) is 33.2 Å². The van der Waals surface area contributed by atoms with E-state index in [-0.39, 0.29) is 5.78 Å². The fourth-order valence-corrected chi connectivity index (χ4v) is 2.55. The maximum Gasteiger partial charge on any atom is 0.338 e. The molecule has 1 aromatic heterocycles. The highest BCUT2D eigenvalue weighted by molar-refractivity contribution is 6.10. The Labute approximate surface area is 134 Å². The lowest BCUT2D eigenvalue weighted by molar-refractivity contribution is 0.0319. The van der Waals surface area contributed by atoms with E-state index in [1.807, 2.05) is 37.3 Å². The van der Waals surface area contributed by atoms with Crippen molar-refractivity contribution in [3.63, 3.8) is 0 Å². The molecule has 0 fully saturated rings. The van der Waals surface area contributed by atoms with Crippen LogP contribution in [-0.2, 0) is 4.74 Å². The van der Waals surface area contributed by atoms with E-state index in [9.17, 15) is 9.59 Å².